The molecule has 8 nitrogen and oxygen atoms in total. The monoisotopic (exact) mass is 409 g/mol. The molecule has 0 saturated carbocycles. The van der Waals surface area contributed by atoms with E-state index in [1.807, 2.05) is 48.9 Å². The second kappa shape index (κ2) is 8.36. The van der Waals surface area contributed by atoms with Gasteiger partial charge in [0.2, 0.25) is 6.79 Å². The van der Waals surface area contributed by atoms with E-state index in [1.54, 1.807) is 30.2 Å². The minimum atomic E-state index is -0.266. The van der Waals surface area contributed by atoms with Gasteiger partial charge in [0.1, 0.15) is 6.33 Å². The summed E-state index contributed by atoms with van der Waals surface area (Å²) in [6, 6.07) is 13.0. The van der Waals surface area contributed by atoms with Gasteiger partial charge in [0.05, 0.1) is 5.71 Å². The third-order valence-corrected chi connectivity index (χ3v) is 5.47. The van der Waals surface area contributed by atoms with Crippen molar-refractivity contribution in [3.63, 3.8) is 0 Å². The lowest BCUT2D eigenvalue weighted by Gasteiger charge is -2.05. The minimum Gasteiger partial charge on any atom is -0.454 e. The highest BCUT2D eigenvalue weighted by atomic mass is 32.2. The van der Waals surface area contributed by atoms with Gasteiger partial charge in [0.15, 0.2) is 16.7 Å². The Morgan fingerprint density at radius 3 is 2.69 bits per heavy atom. The molecular formula is C20H19N5O3S. The molecule has 0 atom stereocenters. The Balaban J connectivity index is 1.35. The lowest BCUT2D eigenvalue weighted by atomic mass is 10.1. The second-order valence-corrected chi connectivity index (χ2v) is 7.36. The number of hydrazone groups is 1. The summed E-state index contributed by atoms with van der Waals surface area (Å²) in [7, 11) is 1.90. The topological polar surface area (TPSA) is 90.6 Å². The molecule has 9 heteroatoms. The van der Waals surface area contributed by atoms with Crippen LogP contribution in [0.2, 0.25) is 0 Å². The number of aromatic nitrogens is 3. The first-order valence-corrected chi connectivity index (χ1v) is 9.89. The molecule has 1 aliphatic rings. The smallest absolute Gasteiger partial charge is 0.271 e. The summed E-state index contributed by atoms with van der Waals surface area (Å²) in [4.78, 5) is 12.4. The van der Waals surface area contributed by atoms with Gasteiger partial charge in [-0.25, -0.2) is 5.43 Å². The van der Waals surface area contributed by atoms with Crippen LogP contribution in [-0.4, -0.2) is 33.2 Å². The normalized spacial score (nSPS) is 12.8. The highest BCUT2D eigenvalue weighted by molar-refractivity contribution is 7.98. The Bertz CT molecular complexity index is 1060. The molecule has 1 aromatic heterocycles. The van der Waals surface area contributed by atoms with E-state index in [1.165, 1.54) is 0 Å². The number of aryl methyl sites for hydroxylation is 1. The van der Waals surface area contributed by atoms with Crippen molar-refractivity contribution in [3.8, 4) is 11.5 Å². The summed E-state index contributed by atoms with van der Waals surface area (Å²) in [5, 5.41) is 12.9. The molecule has 0 spiro atoms. The highest BCUT2D eigenvalue weighted by Crippen LogP contribution is 2.32. The largest absolute Gasteiger partial charge is 0.454 e. The highest BCUT2D eigenvalue weighted by Gasteiger charge is 2.14. The average Bonchev–Trinajstić information content (AvgIpc) is 3.38. The van der Waals surface area contributed by atoms with Gasteiger partial charge in [-0.3, -0.25) is 4.79 Å². The van der Waals surface area contributed by atoms with Crippen LogP contribution in [0.15, 0.2) is 59.0 Å². The van der Waals surface area contributed by atoms with E-state index in [4.69, 9.17) is 9.47 Å². The van der Waals surface area contributed by atoms with Gasteiger partial charge in [0, 0.05) is 23.9 Å². The van der Waals surface area contributed by atoms with E-state index < -0.39 is 0 Å². The van der Waals surface area contributed by atoms with Gasteiger partial charge in [-0.2, -0.15) is 5.10 Å². The van der Waals surface area contributed by atoms with Gasteiger partial charge in [-0.15, -0.1) is 10.2 Å². The van der Waals surface area contributed by atoms with Crippen molar-refractivity contribution in [2.45, 2.75) is 17.8 Å². The summed E-state index contributed by atoms with van der Waals surface area (Å²) in [5.41, 5.74) is 5.76. The average molecular weight is 409 g/mol. The third kappa shape index (κ3) is 4.40. The van der Waals surface area contributed by atoms with E-state index in [-0.39, 0.29) is 12.7 Å². The maximum absolute atomic E-state index is 12.4. The SMILES string of the molecule is C/C(=N/NC(=O)c1ccc(CSc2nncn2C)cc1)c1ccc2c(c1)OCO2. The van der Waals surface area contributed by atoms with Crippen LogP contribution in [0.4, 0.5) is 0 Å². The van der Waals surface area contributed by atoms with Crippen molar-refractivity contribution in [1.82, 2.24) is 20.2 Å². The first kappa shape index (κ1) is 19.0. The van der Waals surface area contributed by atoms with Crippen LogP contribution < -0.4 is 14.9 Å². The molecule has 0 fully saturated rings. The summed E-state index contributed by atoms with van der Waals surface area (Å²) < 4.78 is 12.5. The fourth-order valence-corrected chi connectivity index (χ4v) is 3.53. The van der Waals surface area contributed by atoms with Crippen molar-refractivity contribution in [1.29, 1.82) is 0 Å². The van der Waals surface area contributed by atoms with Crippen molar-refractivity contribution < 1.29 is 14.3 Å². The predicted octanol–water partition coefficient (Wildman–Crippen LogP) is 2.99. The number of rotatable bonds is 6. The summed E-state index contributed by atoms with van der Waals surface area (Å²) in [6.45, 7) is 2.05. The number of ether oxygens (including phenoxy) is 2. The summed E-state index contributed by atoms with van der Waals surface area (Å²) in [6.07, 6.45) is 1.67. The Labute approximate surface area is 171 Å². The van der Waals surface area contributed by atoms with Crippen molar-refractivity contribution in [2.24, 2.45) is 12.1 Å². The van der Waals surface area contributed by atoms with Crippen molar-refractivity contribution >= 4 is 23.4 Å². The van der Waals surface area contributed by atoms with Crippen LogP contribution in [0, 0.1) is 0 Å². The predicted molar refractivity (Wildman–Crippen MR) is 109 cm³/mol. The van der Waals surface area contributed by atoms with Crippen LogP contribution in [0.25, 0.3) is 0 Å². The third-order valence-electron chi connectivity index (χ3n) is 4.37. The quantitative estimate of drug-likeness (QED) is 0.382. The van der Waals surface area contributed by atoms with Gasteiger partial charge in [-0.05, 0) is 42.8 Å². The molecule has 29 heavy (non-hydrogen) atoms. The maximum Gasteiger partial charge on any atom is 0.271 e. The molecule has 2 aromatic carbocycles. The molecule has 148 valence electrons. The van der Waals surface area contributed by atoms with E-state index in [0.29, 0.717) is 22.8 Å². The van der Waals surface area contributed by atoms with Crippen LogP contribution in [0.3, 0.4) is 0 Å². The van der Waals surface area contributed by atoms with E-state index in [0.717, 1.165) is 22.0 Å². The zero-order chi connectivity index (χ0) is 20.2. The lowest BCUT2D eigenvalue weighted by Crippen LogP contribution is -2.19. The first-order chi connectivity index (χ1) is 14.1. The Morgan fingerprint density at radius 2 is 1.93 bits per heavy atom. The molecular weight excluding hydrogens is 390 g/mol. The zero-order valence-corrected chi connectivity index (χ0v) is 16.8. The fourth-order valence-electron chi connectivity index (χ4n) is 2.69. The van der Waals surface area contributed by atoms with E-state index in [2.05, 4.69) is 20.7 Å². The molecule has 0 aliphatic carbocycles. The number of fused-ring (bicyclic) bond motifs is 1. The number of hydrogen-bond donors (Lipinski definition) is 1. The first-order valence-electron chi connectivity index (χ1n) is 8.90. The minimum absolute atomic E-state index is 0.221. The molecule has 1 N–H and O–H groups in total. The number of nitrogens with one attached hydrogen (secondary N) is 1. The number of thioether (sulfide) groups is 1. The van der Waals surface area contributed by atoms with Crippen LogP contribution in [-0.2, 0) is 12.8 Å². The summed E-state index contributed by atoms with van der Waals surface area (Å²) in [5.74, 6) is 1.87. The standard InChI is InChI=1S/C20H19N5O3S/c1-13(16-7-8-17-18(9-16)28-12-27-17)22-23-19(26)15-5-3-14(4-6-15)10-29-20-24-21-11-25(20)2/h3-9,11H,10,12H2,1-2H3,(H,23,26)/b22-13-. The maximum atomic E-state index is 12.4. The van der Waals surface area contributed by atoms with Gasteiger partial charge >= 0.3 is 0 Å². The number of hydrogen-bond acceptors (Lipinski definition) is 7. The number of carbonyl (C=O) groups is 1. The van der Waals surface area contributed by atoms with Crippen LogP contribution in [0.5, 0.6) is 11.5 Å². The molecule has 2 heterocycles. The molecule has 0 radical (unpaired) electrons. The van der Waals surface area contributed by atoms with Crippen LogP contribution in [0.1, 0.15) is 28.4 Å². The number of nitrogens with zero attached hydrogens (tertiary/aromatic N) is 4. The Hall–Kier alpha value is -3.33. The lowest BCUT2D eigenvalue weighted by molar-refractivity contribution is 0.0955. The number of carbonyl (C=O) groups excluding carboxylic acids is 1. The van der Waals surface area contributed by atoms with E-state index >= 15 is 0 Å². The Morgan fingerprint density at radius 1 is 1.17 bits per heavy atom. The van der Waals surface area contributed by atoms with Gasteiger partial charge in [-0.1, -0.05) is 23.9 Å². The molecule has 0 unspecified atom stereocenters. The molecule has 1 amide bonds. The fraction of sp³-hybridized carbons (Fsp3) is 0.200. The number of amides is 1. The second-order valence-electron chi connectivity index (χ2n) is 6.42. The van der Waals surface area contributed by atoms with E-state index in [9.17, 15) is 4.79 Å². The number of benzene rings is 2. The van der Waals surface area contributed by atoms with Gasteiger partial charge in [0.25, 0.3) is 5.91 Å². The van der Waals surface area contributed by atoms with Crippen LogP contribution >= 0.6 is 11.8 Å². The molecule has 0 bridgehead atoms. The summed E-state index contributed by atoms with van der Waals surface area (Å²) >= 11 is 1.59. The molecule has 1 aliphatic heterocycles. The Kier molecular flexibility index (Phi) is 5.48. The van der Waals surface area contributed by atoms with Crippen molar-refractivity contribution in [2.75, 3.05) is 6.79 Å². The molecule has 0 saturated heterocycles. The molecule has 3 aromatic rings. The zero-order valence-electron chi connectivity index (χ0n) is 16.0. The molecule has 4 rings (SSSR count). The van der Waals surface area contributed by atoms with Gasteiger partial charge < -0.3 is 14.0 Å². The van der Waals surface area contributed by atoms with Crippen molar-refractivity contribution in [3.05, 3.63) is 65.5 Å².